The smallest absolute Gasteiger partial charge is 0.161 e. The number of carbonyl (C=O) groups excluding carboxylic acids is 1. The zero-order valence-corrected chi connectivity index (χ0v) is 15.3. The molecule has 0 saturated carbocycles. The van der Waals surface area contributed by atoms with Gasteiger partial charge in [-0.25, -0.2) is 4.68 Å². The van der Waals surface area contributed by atoms with E-state index in [4.69, 9.17) is 5.10 Å². The second-order valence-electron chi connectivity index (χ2n) is 7.94. The Labute approximate surface area is 148 Å². The fourth-order valence-electron chi connectivity index (χ4n) is 4.00. The lowest BCUT2D eigenvalue weighted by Gasteiger charge is -2.34. The summed E-state index contributed by atoms with van der Waals surface area (Å²) in [7, 11) is 0. The molecule has 0 bridgehead atoms. The third-order valence-corrected chi connectivity index (χ3v) is 5.08. The summed E-state index contributed by atoms with van der Waals surface area (Å²) in [4.78, 5) is 16.9. The monoisotopic (exact) mass is 336 g/mol. The topological polar surface area (TPSA) is 59.8 Å². The molecule has 1 atom stereocenters. The maximum atomic E-state index is 12.8. The molecule has 130 valence electrons. The Morgan fingerprint density at radius 3 is 2.60 bits per heavy atom. The van der Waals surface area contributed by atoms with Crippen LogP contribution in [0.1, 0.15) is 62.8 Å². The molecule has 1 aliphatic heterocycles. The number of hydrogen-bond acceptors (Lipinski definition) is 4. The van der Waals surface area contributed by atoms with E-state index in [9.17, 15) is 4.79 Å². The van der Waals surface area contributed by atoms with Crippen LogP contribution in [0.5, 0.6) is 0 Å². The lowest BCUT2D eigenvalue weighted by Crippen LogP contribution is -2.30. The van der Waals surface area contributed by atoms with Crippen molar-refractivity contribution in [1.29, 1.82) is 0 Å². The first-order valence-corrected chi connectivity index (χ1v) is 8.91. The first-order chi connectivity index (χ1) is 11.9. The quantitative estimate of drug-likeness (QED) is 0.858. The summed E-state index contributed by atoms with van der Waals surface area (Å²) in [5.74, 6) is 1.22. The highest BCUT2D eigenvalue weighted by Crippen LogP contribution is 2.47. The molecule has 0 fully saturated rings. The Morgan fingerprint density at radius 1 is 1.20 bits per heavy atom. The van der Waals surface area contributed by atoms with Crippen molar-refractivity contribution in [2.45, 2.75) is 58.4 Å². The number of allylic oxidation sites excluding steroid dienone is 2. The van der Waals surface area contributed by atoms with Crippen LogP contribution in [0.25, 0.3) is 0 Å². The van der Waals surface area contributed by atoms with Crippen LogP contribution in [0.15, 0.2) is 35.8 Å². The Kier molecular flexibility index (Phi) is 3.56. The third kappa shape index (κ3) is 2.49. The van der Waals surface area contributed by atoms with Crippen molar-refractivity contribution >= 4 is 11.6 Å². The highest BCUT2D eigenvalue weighted by atomic mass is 16.1. The van der Waals surface area contributed by atoms with E-state index in [2.05, 4.69) is 35.8 Å². The molecular formula is C20H24N4O. The van der Waals surface area contributed by atoms with Crippen LogP contribution >= 0.6 is 0 Å². The molecular weight excluding hydrogens is 312 g/mol. The molecule has 5 heteroatoms. The molecule has 25 heavy (non-hydrogen) atoms. The number of ketones is 1. The summed E-state index contributed by atoms with van der Waals surface area (Å²) in [5, 5.41) is 8.39. The summed E-state index contributed by atoms with van der Waals surface area (Å²) in [6.07, 6.45) is 6.05. The fraction of sp³-hybridized carbons (Fsp3) is 0.450. The molecule has 2 aromatic rings. The minimum absolute atomic E-state index is 0.0573. The molecule has 0 saturated heterocycles. The van der Waals surface area contributed by atoms with Gasteiger partial charge in [0.2, 0.25) is 0 Å². The molecule has 1 aliphatic carbocycles. The Balaban J connectivity index is 1.99. The predicted molar refractivity (Wildman–Crippen MR) is 97.5 cm³/mol. The van der Waals surface area contributed by atoms with Gasteiger partial charge in [0.1, 0.15) is 5.82 Å². The van der Waals surface area contributed by atoms with Gasteiger partial charge < -0.3 is 5.32 Å². The Hall–Kier alpha value is -2.43. The normalized spacial score (nSPS) is 20.2. The number of hydrogen-bond donors (Lipinski definition) is 1. The summed E-state index contributed by atoms with van der Waals surface area (Å²) >= 11 is 0. The van der Waals surface area contributed by atoms with E-state index in [1.807, 2.05) is 19.1 Å². The third-order valence-electron chi connectivity index (χ3n) is 5.08. The van der Waals surface area contributed by atoms with E-state index in [0.717, 1.165) is 46.8 Å². The van der Waals surface area contributed by atoms with Crippen LogP contribution in [-0.4, -0.2) is 20.5 Å². The molecule has 3 heterocycles. The average Bonchev–Trinajstić information content (AvgIpc) is 2.91. The van der Waals surface area contributed by atoms with Gasteiger partial charge in [-0.1, -0.05) is 0 Å². The predicted octanol–water partition coefficient (Wildman–Crippen LogP) is 3.91. The summed E-state index contributed by atoms with van der Waals surface area (Å²) in [6.45, 7) is 8.49. The van der Waals surface area contributed by atoms with E-state index in [1.165, 1.54) is 0 Å². The number of rotatable bonds is 1. The van der Waals surface area contributed by atoms with Crippen LogP contribution in [-0.2, 0) is 10.3 Å². The maximum absolute atomic E-state index is 12.8. The second kappa shape index (κ2) is 5.55. The fourth-order valence-corrected chi connectivity index (χ4v) is 4.00. The summed E-state index contributed by atoms with van der Waals surface area (Å²) in [5.41, 5.74) is 5.05. The molecule has 5 nitrogen and oxygen atoms in total. The molecule has 0 amide bonds. The van der Waals surface area contributed by atoms with Crippen LogP contribution in [0.3, 0.4) is 0 Å². The maximum Gasteiger partial charge on any atom is 0.161 e. The van der Waals surface area contributed by atoms with E-state index >= 15 is 0 Å². The standard InChI is InChI=1S/C20H24N4O/c1-12-16-17(13-8-10-21-11-9-13)18-14(6-5-7-15(18)25)22-19(16)24(23-12)20(2,3)4/h8-11,17,22H,5-7H2,1-4H3/t17-/m1/s1. The number of Topliss-reactive ketones (excluding diaryl/α,β-unsaturated/α-hetero) is 1. The van der Waals surface area contributed by atoms with E-state index in [0.29, 0.717) is 6.42 Å². The van der Waals surface area contributed by atoms with Gasteiger partial charge in [-0.05, 0) is 58.2 Å². The van der Waals surface area contributed by atoms with Crippen molar-refractivity contribution in [1.82, 2.24) is 14.8 Å². The SMILES string of the molecule is Cc1nn(C(C)(C)C)c2c1[C@@H](c1ccncc1)C1=C(CCCC1=O)N2. The van der Waals surface area contributed by atoms with Gasteiger partial charge in [-0.3, -0.25) is 9.78 Å². The van der Waals surface area contributed by atoms with Crippen molar-refractivity contribution in [2.75, 3.05) is 5.32 Å². The van der Waals surface area contributed by atoms with E-state index in [1.54, 1.807) is 12.4 Å². The molecule has 0 unspecified atom stereocenters. The van der Waals surface area contributed by atoms with Crippen LogP contribution in [0.2, 0.25) is 0 Å². The van der Waals surface area contributed by atoms with Crippen molar-refractivity contribution < 1.29 is 4.79 Å². The van der Waals surface area contributed by atoms with Gasteiger partial charge in [0.15, 0.2) is 5.78 Å². The van der Waals surface area contributed by atoms with E-state index in [-0.39, 0.29) is 17.2 Å². The van der Waals surface area contributed by atoms with Crippen molar-refractivity contribution in [3.63, 3.8) is 0 Å². The zero-order chi connectivity index (χ0) is 17.8. The highest BCUT2D eigenvalue weighted by Gasteiger charge is 2.39. The van der Waals surface area contributed by atoms with E-state index < -0.39 is 0 Å². The van der Waals surface area contributed by atoms with Crippen molar-refractivity contribution in [3.8, 4) is 0 Å². The average molecular weight is 336 g/mol. The molecule has 2 aromatic heterocycles. The molecule has 4 rings (SSSR count). The lowest BCUT2D eigenvalue weighted by molar-refractivity contribution is -0.116. The van der Waals surface area contributed by atoms with Gasteiger partial charge in [0, 0.05) is 41.6 Å². The molecule has 0 spiro atoms. The molecule has 1 N–H and O–H groups in total. The Morgan fingerprint density at radius 2 is 1.92 bits per heavy atom. The zero-order valence-electron chi connectivity index (χ0n) is 15.3. The summed E-state index contributed by atoms with van der Waals surface area (Å²) < 4.78 is 2.06. The van der Waals surface area contributed by atoms with Gasteiger partial charge in [-0.2, -0.15) is 5.10 Å². The number of pyridine rings is 1. The molecule has 0 aromatic carbocycles. The molecule has 0 radical (unpaired) electrons. The van der Waals surface area contributed by atoms with Gasteiger partial charge in [0.05, 0.1) is 11.2 Å². The lowest BCUT2D eigenvalue weighted by atomic mass is 9.76. The minimum Gasteiger partial charge on any atom is -0.343 e. The number of nitrogens with one attached hydrogen (secondary N) is 1. The van der Waals surface area contributed by atoms with Crippen LogP contribution in [0, 0.1) is 6.92 Å². The number of fused-ring (bicyclic) bond motifs is 1. The largest absolute Gasteiger partial charge is 0.343 e. The summed E-state index contributed by atoms with van der Waals surface area (Å²) in [6, 6.07) is 4.03. The van der Waals surface area contributed by atoms with Crippen molar-refractivity contribution in [2.24, 2.45) is 0 Å². The van der Waals surface area contributed by atoms with Crippen molar-refractivity contribution in [3.05, 3.63) is 52.6 Å². The van der Waals surface area contributed by atoms with Gasteiger partial charge >= 0.3 is 0 Å². The number of aromatic nitrogens is 3. The Bertz CT molecular complexity index is 871. The number of aryl methyl sites for hydroxylation is 1. The van der Waals surface area contributed by atoms with Gasteiger partial charge in [0.25, 0.3) is 0 Å². The second-order valence-corrected chi connectivity index (χ2v) is 7.94. The van der Waals surface area contributed by atoms with Crippen LogP contribution in [0.4, 0.5) is 5.82 Å². The number of nitrogens with zero attached hydrogens (tertiary/aromatic N) is 3. The van der Waals surface area contributed by atoms with Crippen LogP contribution < -0.4 is 5.32 Å². The first-order valence-electron chi connectivity index (χ1n) is 8.91. The number of anilines is 1. The minimum atomic E-state index is -0.134. The first kappa shape index (κ1) is 16.1. The van der Waals surface area contributed by atoms with Gasteiger partial charge in [-0.15, -0.1) is 0 Å². The highest BCUT2D eigenvalue weighted by molar-refractivity contribution is 6.01. The molecule has 2 aliphatic rings. The number of carbonyl (C=O) groups is 1.